The van der Waals surface area contributed by atoms with E-state index in [0.29, 0.717) is 0 Å². The summed E-state index contributed by atoms with van der Waals surface area (Å²) >= 11 is 0. The van der Waals surface area contributed by atoms with Crippen molar-refractivity contribution in [3.63, 3.8) is 0 Å². The van der Waals surface area contributed by atoms with Gasteiger partial charge in [0.2, 0.25) is 0 Å². The number of carboxylic acids is 2. The molecule has 0 atom stereocenters. The third kappa shape index (κ3) is 2.48. The molecule has 0 rings (SSSR count). The van der Waals surface area contributed by atoms with Crippen molar-refractivity contribution in [2.75, 3.05) is 0 Å². The average molecular weight is 145 g/mol. The van der Waals surface area contributed by atoms with Crippen molar-refractivity contribution in [3.05, 3.63) is 6.42 Å². The fourth-order valence-electron chi connectivity index (χ4n) is 0.543. The van der Waals surface area contributed by atoms with Crippen LogP contribution in [0, 0.1) is 12.3 Å². The normalized spacial score (nSPS) is 9.80. The third-order valence-electron chi connectivity index (χ3n) is 1.07. The quantitative estimate of drug-likeness (QED) is 0.561. The molecule has 2 N–H and O–H groups in total. The van der Waals surface area contributed by atoms with Gasteiger partial charge in [0.25, 0.3) is 0 Å². The van der Waals surface area contributed by atoms with E-state index in [1.54, 1.807) is 6.92 Å². The summed E-state index contributed by atoms with van der Waals surface area (Å²) in [7, 11) is 0. The van der Waals surface area contributed by atoms with Crippen LogP contribution in [0.25, 0.3) is 0 Å². The van der Waals surface area contributed by atoms with Gasteiger partial charge in [-0.15, -0.1) is 0 Å². The molecule has 10 heavy (non-hydrogen) atoms. The molecular formula is C6H9O4. The van der Waals surface area contributed by atoms with Gasteiger partial charge in [0.05, 0.1) is 0 Å². The number of hydrogen-bond acceptors (Lipinski definition) is 2. The van der Waals surface area contributed by atoms with Gasteiger partial charge in [-0.3, -0.25) is 9.59 Å². The number of hydrogen-bond donors (Lipinski definition) is 2. The highest BCUT2D eigenvalue weighted by molar-refractivity contribution is 5.92. The molecule has 0 aromatic carbocycles. The lowest BCUT2D eigenvalue weighted by Crippen LogP contribution is -2.22. The Kier molecular flexibility index (Phi) is 3.46. The Hall–Kier alpha value is -1.06. The smallest absolute Gasteiger partial charge is 0.317 e. The predicted molar refractivity (Wildman–Crippen MR) is 33.4 cm³/mol. The number of carbonyl (C=O) groups is 2. The van der Waals surface area contributed by atoms with Crippen LogP contribution in [0.15, 0.2) is 0 Å². The molecule has 0 bridgehead atoms. The third-order valence-corrected chi connectivity index (χ3v) is 1.07. The van der Waals surface area contributed by atoms with Crippen LogP contribution in [-0.2, 0) is 9.59 Å². The van der Waals surface area contributed by atoms with Crippen LogP contribution in [0.4, 0.5) is 0 Å². The van der Waals surface area contributed by atoms with Crippen LogP contribution >= 0.6 is 0 Å². The summed E-state index contributed by atoms with van der Waals surface area (Å²) < 4.78 is 0. The molecule has 1 radical (unpaired) electrons. The van der Waals surface area contributed by atoms with E-state index in [2.05, 4.69) is 0 Å². The van der Waals surface area contributed by atoms with Gasteiger partial charge < -0.3 is 10.2 Å². The van der Waals surface area contributed by atoms with E-state index >= 15 is 0 Å². The number of aliphatic carboxylic acids is 2. The predicted octanol–water partition coefficient (Wildman–Crippen LogP) is 0.386. The lowest BCUT2D eigenvalue weighted by molar-refractivity contribution is -0.154. The largest absolute Gasteiger partial charge is 0.481 e. The minimum atomic E-state index is -1.29. The highest BCUT2D eigenvalue weighted by atomic mass is 16.4. The Bertz CT molecular complexity index is 127. The molecular weight excluding hydrogens is 136 g/mol. The minimum Gasteiger partial charge on any atom is -0.481 e. The fourth-order valence-corrected chi connectivity index (χ4v) is 0.543. The summed E-state index contributed by atoms with van der Waals surface area (Å²) in [4.78, 5) is 20.3. The first kappa shape index (κ1) is 8.94. The molecule has 0 aromatic rings. The molecule has 0 fully saturated rings. The maximum Gasteiger partial charge on any atom is 0.317 e. The molecule has 0 unspecified atom stereocenters. The molecule has 0 aromatic heterocycles. The molecule has 0 saturated carbocycles. The molecule has 0 aliphatic rings. The first-order valence-electron chi connectivity index (χ1n) is 2.83. The number of rotatable bonds is 4. The monoisotopic (exact) mass is 145 g/mol. The summed E-state index contributed by atoms with van der Waals surface area (Å²) in [5.41, 5.74) is 0. The Balaban J connectivity index is 3.98. The van der Waals surface area contributed by atoms with Crippen molar-refractivity contribution in [3.8, 4) is 0 Å². The molecule has 4 heteroatoms. The van der Waals surface area contributed by atoms with Crippen LogP contribution in [0.1, 0.15) is 13.3 Å². The van der Waals surface area contributed by atoms with E-state index in [1.807, 2.05) is 0 Å². The molecule has 0 amide bonds. The molecule has 0 aliphatic heterocycles. The topological polar surface area (TPSA) is 74.6 Å². The number of carboxylic acid groups (broad SMARTS) is 2. The molecule has 4 nitrogen and oxygen atoms in total. The second-order valence-corrected chi connectivity index (χ2v) is 1.87. The van der Waals surface area contributed by atoms with Crippen molar-refractivity contribution in [2.45, 2.75) is 13.3 Å². The van der Waals surface area contributed by atoms with Gasteiger partial charge >= 0.3 is 11.9 Å². The Labute approximate surface area is 58.5 Å². The van der Waals surface area contributed by atoms with Gasteiger partial charge in [-0.05, 0) is 12.8 Å². The van der Waals surface area contributed by atoms with Gasteiger partial charge in [0.15, 0.2) is 5.92 Å². The SMILES string of the molecule is C[CH]CC(C(=O)O)C(=O)O. The highest BCUT2D eigenvalue weighted by Crippen LogP contribution is 2.04. The average Bonchev–Trinajstić information content (AvgIpc) is 1.81. The molecule has 57 valence electrons. The maximum atomic E-state index is 10.1. The van der Waals surface area contributed by atoms with Gasteiger partial charge in [0.1, 0.15) is 0 Å². The highest BCUT2D eigenvalue weighted by Gasteiger charge is 2.23. The van der Waals surface area contributed by atoms with Crippen LogP contribution < -0.4 is 0 Å². The van der Waals surface area contributed by atoms with E-state index in [1.165, 1.54) is 6.42 Å². The van der Waals surface area contributed by atoms with Crippen LogP contribution in [0.5, 0.6) is 0 Å². The summed E-state index contributed by atoms with van der Waals surface area (Å²) in [6.07, 6.45) is 1.59. The van der Waals surface area contributed by atoms with Crippen LogP contribution in [-0.4, -0.2) is 22.2 Å². The lowest BCUT2D eigenvalue weighted by atomic mass is 10.1. The molecule has 0 aliphatic carbocycles. The Morgan fingerprint density at radius 2 is 1.80 bits per heavy atom. The van der Waals surface area contributed by atoms with Crippen molar-refractivity contribution in [1.29, 1.82) is 0 Å². The second-order valence-electron chi connectivity index (χ2n) is 1.87. The zero-order chi connectivity index (χ0) is 8.15. The van der Waals surface area contributed by atoms with E-state index in [-0.39, 0.29) is 6.42 Å². The van der Waals surface area contributed by atoms with Crippen molar-refractivity contribution < 1.29 is 19.8 Å². The first-order chi connectivity index (χ1) is 4.59. The van der Waals surface area contributed by atoms with E-state index in [4.69, 9.17) is 10.2 Å². The van der Waals surface area contributed by atoms with E-state index in [9.17, 15) is 9.59 Å². The molecule has 0 spiro atoms. The zero-order valence-electron chi connectivity index (χ0n) is 5.57. The van der Waals surface area contributed by atoms with E-state index < -0.39 is 17.9 Å². The first-order valence-corrected chi connectivity index (χ1v) is 2.83. The van der Waals surface area contributed by atoms with Crippen LogP contribution in [0.3, 0.4) is 0 Å². The van der Waals surface area contributed by atoms with Gasteiger partial charge in [-0.2, -0.15) is 0 Å². The summed E-state index contributed by atoms with van der Waals surface area (Å²) in [5, 5.41) is 16.5. The molecule has 0 saturated heterocycles. The van der Waals surface area contributed by atoms with Crippen LogP contribution in [0.2, 0.25) is 0 Å². The Morgan fingerprint density at radius 3 is 1.90 bits per heavy atom. The van der Waals surface area contributed by atoms with Gasteiger partial charge in [0, 0.05) is 0 Å². The second kappa shape index (κ2) is 3.87. The minimum absolute atomic E-state index is 0.0741. The zero-order valence-corrected chi connectivity index (χ0v) is 5.57. The van der Waals surface area contributed by atoms with Crippen molar-refractivity contribution in [2.24, 2.45) is 5.92 Å². The van der Waals surface area contributed by atoms with Gasteiger partial charge in [-0.1, -0.05) is 6.92 Å². The lowest BCUT2D eigenvalue weighted by Gasteiger charge is -2.02. The maximum absolute atomic E-state index is 10.1. The summed E-state index contributed by atoms with van der Waals surface area (Å²) in [6.45, 7) is 1.62. The summed E-state index contributed by atoms with van der Waals surface area (Å²) in [5.74, 6) is -3.86. The van der Waals surface area contributed by atoms with Crippen molar-refractivity contribution >= 4 is 11.9 Å². The standard InChI is InChI=1S/C6H9O4/c1-2-3-4(5(7)8)6(9)10/h2,4H,3H2,1H3,(H,7,8)(H,9,10). The fraction of sp³-hybridized carbons (Fsp3) is 0.500. The van der Waals surface area contributed by atoms with Crippen molar-refractivity contribution in [1.82, 2.24) is 0 Å². The Morgan fingerprint density at radius 1 is 1.40 bits per heavy atom. The van der Waals surface area contributed by atoms with Gasteiger partial charge in [-0.25, -0.2) is 0 Å². The summed E-state index contributed by atoms with van der Waals surface area (Å²) in [6, 6.07) is 0. The van der Waals surface area contributed by atoms with E-state index in [0.717, 1.165) is 0 Å². The molecule has 0 heterocycles.